The van der Waals surface area contributed by atoms with Gasteiger partial charge in [0.1, 0.15) is 6.04 Å². The summed E-state index contributed by atoms with van der Waals surface area (Å²) in [6, 6.07) is 2.17. The Morgan fingerprint density at radius 1 is 1.50 bits per heavy atom. The number of nitrogens with zero attached hydrogens (tertiary/aromatic N) is 1. The fourth-order valence-electron chi connectivity index (χ4n) is 1.75. The van der Waals surface area contributed by atoms with Gasteiger partial charge in [0.25, 0.3) is 5.91 Å². The molecule has 2 heterocycles. The summed E-state index contributed by atoms with van der Waals surface area (Å²) in [5.74, 6) is -1.74. The van der Waals surface area contributed by atoms with E-state index in [1.165, 1.54) is 19.2 Å². The molecule has 18 heavy (non-hydrogen) atoms. The summed E-state index contributed by atoms with van der Waals surface area (Å²) in [5, 5.41) is 11.5. The van der Waals surface area contributed by atoms with Crippen molar-refractivity contribution in [2.75, 3.05) is 12.4 Å². The molecule has 1 atom stereocenters. The molecule has 0 bridgehead atoms. The van der Waals surface area contributed by atoms with Crippen LogP contribution in [0.25, 0.3) is 0 Å². The smallest absolute Gasteiger partial charge is 0.371 e. The summed E-state index contributed by atoms with van der Waals surface area (Å²) in [6.07, 6.45) is 0.636. The maximum absolute atomic E-state index is 11.8. The van der Waals surface area contributed by atoms with E-state index in [0.29, 0.717) is 6.42 Å². The Balaban J connectivity index is 2.07. The molecule has 1 fully saturated rings. The van der Waals surface area contributed by atoms with Crippen LogP contribution in [0.5, 0.6) is 0 Å². The second-order valence-electron chi connectivity index (χ2n) is 4.00. The first-order valence-corrected chi connectivity index (χ1v) is 5.39. The second kappa shape index (κ2) is 4.52. The zero-order valence-corrected chi connectivity index (χ0v) is 9.67. The number of anilines is 1. The van der Waals surface area contributed by atoms with Gasteiger partial charge in [0.2, 0.25) is 11.7 Å². The van der Waals surface area contributed by atoms with Gasteiger partial charge in [-0.1, -0.05) is 0 Å². The first kappa shape index (κ1) is 12.2. The first-order valence-electron chi connectivity index (χ1n) is 5.39. The fourth-order valence-corrected chi connectivity index (χ4v) is 1.75. The standard InChI is InChI=1S/C11H12N2O5/c1-13-9(14)5-2-6(10(13)15)12-8-4-3-7(18-8)11(16)17/h3-4,6,12H,2,5H2,1H3,(H,16,17). The largest absolute Gasteiger partial charge is 0.475 e. The summed E-state index contributed by atoms with van der Waals surface area (Å²) < 4.78 is 4.99. The van der Waals surface area contributed by atoms with Crippen molar-refractivity contribution in [3.8, 4) is 0 Å². The quantitative estimate of drug-likeness (QED) is 0.761. The number of carbonyl (C=O) groups is 3. The molecule has 1 aromatic rings. The molecule has 2 rings (SSSR count). The van der Waals surface area contributed by atoms with E-state index in [4.69, 9.17) is 9.52 Å². The zero-order chi connectivity index (χ0) is 13.3. The number of piperidine rings is 1. The van der Waals surface area contributed by atoms with Gasteiger partial charge in [-0.05, 0) is 12.5 Å². The van der Waals surface area contributed by atoms with Crippen molar-refractivity contribution < 1.29 is 23.9 Å². The van der Waals surface area contributed by atoms with Gasteiger partial charge >= 0.3 is 5.97 Å². The van der Waals surface area contributed by atoms with Crippen LogP contribution in [0.15, 0.2) is 16.5 Å². The molecule has 1 aromatic heterocycles. The van der Waals surface area contributed by atoms with Gasteiger partial charge < -0.3 is 14.8 Å². The van der Waals surface area contributed by atoms with E-state index in [0.717, 1.165) is 4.90 Å². The van der Waals surface area contributed by atoms with Gasteiger partial charge in [0, 0.05) is 19.5 Å². The Morgan fingerprint density at radius 3 is 2.83 bits per heavy atom. The molecule has 2 N–H and O–H groups in total. The van der Waals surface area contributed by atoms with E-state index in [-0.39, 0.29) is 29.9 Å². The monoisotopic (exact) mass is 252 g/mol. The van der Waals surface area contributed by atoms with Crippen LogP contribution in [0.1, 0.15) is 23.4 Å². The lowest BCUT2D eigenvalue weighted by molar-refractivity contribution is -0.146. The van der Waals surface area contributed by atoms with E-state index in [2.05, 4.69) is 5.32 Å². The predicted molar refractivity (Wildman–Crippen MR) is 60.1 cm³/mol. The normalized spacial score (nSPS) is 20.1. The molecule has 1 saturated heterocycles. The summed E-state index contributed by atoms with van der Waals surface area (Å²) in [5.41, 5.74) is 0. The second-order valence-corrected chi connectivity index (χ2v) is 4.00. The van der Waals surface area contributed by atoms with Crippen LogP contribution in [0, 0.1) is 0 Å². The van der Waals surface area contributed by atoms with Crippen LogP contribution in [-0.2, 0) is 9.59 Å². The molecule has 1 aliphatic heterocycles. The van der Waals surface area contributed by atoms with Gasteiger partial charge in [-0.15, -0.1) is 0 Å². The summed E-state index contributed by atoms with van der Waals surface area (Å²) in [4.78, 5) is 34.7. The number of rotatable bonds is 3. The van der Waals surface area contributed by atoms with E-state index in [9.17, 15) is 14.4 Å². The van der Waals surface area contributed by atoms with Crippen molar-refractivity contribution >= 4 is 23.7 Å². The van der Waals surface area contributed by atoms with Gasteiger partial charge in [0.15, 0.2) is 5.88 Å². The molecule has 7 heteroatoms. The Kier molecular flexibility index (Phi) is 3.05. The van der Waals surface area contributed by atoms with Gasteiger partial charge in [-0.2, -0.15) is 0 Å². The highest BCUT2D eigenvalue weighted by Gasteiger charge is 2.32. The van der Waals surface area contributed by atoms with Gasteiger partial charge in [-0.3, -0.25) is 14.5 Å². The topological polar surface area (TPSA) is 99.8 Å². The average Bonchev–Trinajstić information content (AvgIpc) is 2.79. The van der Waals surface area contributed by atoms with E-state index >= 15 is 0 Å². The minimum Gasteiger partial charge on any atom is -0.475 e. The number of furan rings is 1. The van der Waals surface area contributed by atoms with Crippen molar-refractivity contribution in [1.29, 1.82) is 0 Å². The third kappa shape index (κ3) is 2.20. The van der Waals surface area contributed by atoms with Crippen molar-refractivity contribution in [2.45, 2.75) is 18.9 Å². The lowest BCUT2D eigenvalue weighted by atomic mass is 10.1. The molecular weight excluding hydrogens is 240 g/mol. The number of hydrogen-bond donors (Lipinski definition) is 2. The number of imide groups is 1. The third-order valence-electron chi connectivity index (χ3n) is 2.78. The molecule has 0 aliphatic carbocycles. The molecule has 1 aliphatic rings. The van der Waals surface area contributed by atoms with E-state index < -0.39 is 12.0 Å². The molecule has 1 unspecified atom stereocenters. The predicted octanol–water partition coefficient (Wildman–Crippen LogP) is 0.537. The number of aromatic carboxylic acids is 1. The number of likely N-dealkylation sites (tertiary alicyclic amines) is 1. The Labute approximate surface area is 102 Å². The maximum Gasteiger partial charge on any atom is 0.371 e. The molecule has 0 spiro atoms. The van der Waals surface area contributed by atoms with E-state index in [1.807, 2.05) is 0 Å². The van der Waals surface area contributed by atoms with Crippen LogP contribution in [0.3, 0.4) is 0 Å². The Bertz CT molecular complexity index is 507. The molecule has 0 saturated carbocycles. The molecule has 0 aromatic carbocycles. The van der Waals surface area contributed by atoms with Crippen LogP contribution in [-0.4, -0.2) is 40.9 Å². The number of amides is 2. The number of nitrogens with one attached hydrogen (secondary N) is 1. The molecule has 2 amide bonds. The Morgan fingerprint density at radius 2 is 2.22 bits per heavy atom. The maximum atomic E-state index is 11.8. The highest BCUT2D eigenvalue weighted by Crippen LogP contribution is 2.19. The number of likely N-dealkylation sites (N-methyl/N-ethyl adjacent to an activating group) is 1. The van der Waals surface area contributed by atoms with E-state index in [1.54, 1.807) is 0 Å². The summed E-state index contributed by atoms with van der Waals surface area (Å²) in [6.45, 7) is 0. The van der Waals surface area contributed by atoms with Gasteiger partial charge in [0.05, 0.1) is 0 Å². The van der Waals surface area contributed by atoms with Crippen LogP contribution in [0.2, 0.25) is 0 Å². The molecule has 96 valence electrons. The van der Waals surface area contributed by atoms with Crippen LogP contribution in [0.4, 0.5) is 5.88 Å². The fraction of sp³-hybridized carbons (Fsp3) is 0.364. The van der Waals surface area contributed by atoms with Crippen molar-refractivity contribution in [3.63, 3.8) is 0 Å². The SMILES string of the molecule is CN1C(=O)CCC(Nc2ccc(C(=O)O)o2)C1=O. The lowest BCUT2D eigenvalue weighted by Gasteiger charge is -2.27. The molecular formula is C11H12N2O5. The molecule has 7 nitrogen and oxygen atoms in total. The third-order valence-corrected chi connectivity index (χ3v) is 2.78. The number of carboxylic acid groups (broad SMARTS) is 1. The zero-order valence-electron chi connectivity index (χ0n) is 9.67. The average molecular weight is 252 g/mol. The number of carboxylic acids is 1. The minimum atomic E-state index is -1.18. The first-order chi connectivity index (χ1) is 8.49. The number of carbonyl (C=O) groups excluding carboxylic acids is 2. The summed E-state index contributed by atoms with van der Waals surface area (Å²) >= 11 is 0. The summed E-state index contributed by atoms with van der Waals surface area (Å²) in [7, 11) is 1.42. The highest BCUT2D eigenvalue weighted by molar-refractivity contribution is 6.01. The lowest BCUT2D eigenvalue weighted by Crippen LogP contribution is -2.48. The minimum absolute atomic E-state index is 0.202. The van der Waals surface area contributed by atoms with Crippen molar-refractivity contribution in [1.82, 2.24) is 4.90 Å². The Hall–Kier alpha value is -2.31. The number of hydrogen-bond acceptors (Lipinski definition) is 5. The molecule has 0 radical (unpaired) electrons. The van der Waals surface area contributed by atoms with Gasteiger partial charge in [-0.25, -0.2) is 4.79 Å². The van der Waals surface area contributed by atoms with Crippen molar-refractivity contribution in [3.05, 3.63) is 17.9 Å². The van der Waals surface area contributed by atoms with Crippen LogP contribution >= 0.6 is 0 Å². The highest BCUT2D eigenvalue weighted by atomic mass is 16.4. The van der Waals surface area contributed by atoms with Crippen LogP contribution < -0.4 is 5.32 Å². The van der Waals surface area contributed by atoms with Crippen molar-refractivity contribution in [2.24, 2.45) is 0 Å².